The summed E-state index contributed by atoms with van der Waals surface area (Å²) in [5, 5.41) is 3.15. The fourth-order valence-corrected chi connectivity index (χ4v) is 1.93. The maximum absolute atomic E-state index is 11.0. The summed E-state index contributed by atoms with van der Waals surface area (Å²) in [6.07, 6.45) is 3.26. The van der Waals surface area contributed by atoms with E-state index in [4.69, 9.17) is 9.15 Å². The SMILES string of the molecule is COCCNCCc1ncc(CS(C)(=O)=O)o1. The van der Waals surface area contributed by atoms with Crippen molar-refractivity contribution in [2.24, 2.45) is 0 Å². The van der Waals surface area contributed by atoms with Crippen LogP contribution in [0.3, 0.4) is 0 Å². The average molecular weight is 262 g/mol. The lowest BCUT2D eigenvalue weighted by molar-refractivity contribution is 0.199. The summed E-state index contributed by atoms with van der Waals surface area (Å²) in [4.78, 5) is 4.02. The molecule has 0 aliphatic heterocycles. The molecule has 1 N–H and O–H groups in total. The summed E-state index contributed by atoms with van der Waals surface area (Å²) >= 11 is 0. The second-order valence-corrected chi connectivity index (χ2v) is 5.92. The first kappa shape index (κ1) is 14.1. The molecular weight excluding hydrogens is 244 g/mol. The van der Waals surface area contributed by atoms with Gasteiger partial charge in [-0.15, -0.1) is 0 Å². The topological polar surface area (TPSA) is 81.4 Å². The Kier molecular flexibility index (Phi) is 5.60. The van der Waals surface area contributed by atoms with Gasteiger partial charge in [0.05, 0.1) is 12.8 Å². The monoisotopic (exact) mass is 262 g/mol. The zero-order valence-electron chi connectivity index (χ0n) is 10.1. The standard InChI is InChI=1S/C10H18N2O4S/c1-15-6-5-11-4-3-10-12-7-9(16-10)8-17(2,13)14/h7,11H,3-6,8H2,1-2H3. The summed E-state index contributed by atoms with van der Waals surface area (Å²) < 4.78 is 32.2. The Bertz CT molecular complexity index is 427. The number of rotatable bonds is 8. The Morgan fingerprint density at radius 3 is 2.88 bits per heavy atom. The summed E-state index contributed by atoms with van der Waals surface area (Å²) in [6, 6.07) is 0. The smallest absolute Gasteiger partial charge is 0.195 e. The van der Waals surface area contributed by atoms with Gasteiger partial charge in [-0.1, -0.05) is 0 Å². The van der Waals surface area contributed by atoms with E-state index >= 15 is 0 Å². The molecule has 0 fully saturated rings. The number of methoxy groups -OCH3 is 1. The fraction of sp³-hybridized carbons (Fsp3) is 0.700. The highest BCUT2D eigenvalue weighted by atomic mass is 32.2. The third-order valence-corrected chi connectivity index (χ3v) is 2.81. The lowest BCUT2D eigenvalue weighted by atomic mass is 10.4. The first-order valence-electron chi connectivity index (χ1n) is 5.32. The van der Waals surface area contributed by atoms with Gasteiger partial charge in [0.2, 0.25) is 0 Å². The highest BCUT2D eigenvalue weighted by Crippen LogP contribution is 2.07. The lowest BCUT2D eigenvalue weighted by Gasteiger charge is -2.01. The number of ether oxygens (including phenoxy) is 1. The van der Waals surface area contributed by atoms with E-state index in [9.17, 15) is 8.42 Å². The number of hydrogen-bond donors (Lipinski definition) is 1. The Balaban J connectivity index is 2.31. The molecular formula is C10H18N2O4S. The van der Waals surface area contributed by atoms with Gasteiger partial charge in [-0.25, -0.2) is 13.4 Å². The molecule has 0 aromatic carbocycles. The first-order chi connectivity index (χ1) is 8.01. The molecule has 0 bridgehead atoms. The predicted molar refractivity (Wildman–Crippen MR) is 63.5 cm³/mol. The van der Waals surface area contributed by atoms with Crippen LogP contribution in [0.15, 0.2) is 10.6 Å². The van der Waals surface area contributed by atoms with Crippen LogP contribution in [0.25, 0.3) is 0 Å². The van der Waals surface area contributed by atoms with Gasteiger partial charge >= 0.3 is 0 Å². The molecule has 17 heavy (non-hydrogen) atoms. The molecule has 1 aromatic rings. The Morgan fingerprint density at radius 2 is 2.24 bits per heavy atom. The van der Waals surface area contributed by atoms with Crippen molar-refractivity contribution in [3.63, 3.8) is 0 Å². The van der Waals surface area contributed by atoms with E-state index in [0.29, 0.717) is 24.7 Å². The van der Waals surface area contributed by atoms with E-state index in [2.05, 4.69) is 10.3 Å². The van der Waals surface area contributed by atoms with Crippen molar-refractivity contribution in [1.82, 2.24) is 10.3 Å². The molecule has 98 valence electrons. The van der Waals surface area contributed by atoms with E-state index in [1.165, 1.54) is 12.5 Å². The van der Waals surface area contributed by atoms with Crippen LogP contribution in [0, 0.1) is 0 Å². The number of oxazole rings is 1. The van der Waals surface area contributed by atoms with Crippen molar-refractivity contribution < 1.29 is 17.6 Å². The van der Waals surface area contributed by atoms with Crippen molar-refractivity contribution in [2.75, 3.05) is 33.1 Å². The molecule has 0 spiro atoms. The molecule has 0 radical (unpaired) electrons. The molecule has 7 heteroatoms. The van der Waals surface area contributed by atoms with E-state index < -0.39 is 9.84 Å². The zero-order valence-corrected chi connectivity index (χ0v) is 10.9. The summed E-state index contributed by atoms with van der Waals surface area (Å²) in [6.45, 7) is 2.15. The van der Waals surface area contributed by atoms with Gasteiger partial charge in [0, 0.05) is 32.9 Å². The number of sulfone groups is 1. The zero-order chi connectivity index (χ0) is 12.7. The molecule has 0 atom stereocenters. The molecule has 0 saturated heterocycles. The molecule has 0 aliphatic carbocycles. The van der Waals surface area contributed by atoms with Crippen molar-refractivity contribution >= 4 is 9.84 Å². The van der Waals surface area contributed by atoms with Crippen molar-refractivity contribution in [3.05, 3.63) is 17.8 Å². The average Bonchev–Trinajstić information content (AvgIpc) is 2.63. The molecule has 1 aromatic heterocycles. The van der Waals surface area contributed by atoms with Crippen molar-refractivity contribution in [3.8, 4) is 0 Å². The van der Waals surface area contributed by atoms with Crippen molar-refractivity contribution in [1.29, 1.82) is 0 Å². The molecule has 1 heterocycles. The Hall–Kier alpha value is -0.920. The minimum Gasteiger partial charge on any atom is -0.445 e. The van der Waals surface area contributed by atoms with E-state index in [1.807, 2.05) is 0 Å². The van der Waals surface area contributed by atoms with Crippen LogP contribution in [0.2, 0.25) is 0 Å². The fourth-order valence-electron chi connectivity index (χ4n) is 1.28. The maximum Gasteiger partial charge on any atom is 0.195 e. The normalized spacial score (nSPS) is 11.9. The summed E-state index contributed by atoms with van der Waals surface area (Å²) in [7, 11) is -1.42. The molecule has 0 saturated carbocycles. The minimum atomic E-state index is -3.06. The van der Waals surface area contributed by atoms with Crippen LogP contribution in [0.4, 0.5) is 0 Å². The molecule has 0 aliphatic rings. The van der Waals surface area contributed by atoms with E-state index in [1.54, 1.807) is 7.11 Å². The van der Waals surface area contributed by atoms with Crippen LogP contribution in [-0.2, 0) is 26.7 Å². The van der Waals surface area contributed by atoms with Crippen LogP contribution < -0.4 is 5.32 Å². The lowest BCUT2D eigenvalue weighted by Crippen LogP contribution is -2.21. The number of aromatic nitrogens is 1. The van der Waals surface area contributed by atoms with E-state index in [-0.39, 0.29) is 5.75 Å². The third-order valence-electron chi connectivity index (χ3n) is 2.00. The molecule has 1 rings (SSSR count). The van der Waals surface area contributed by atoms with Gasteiger partial charge in [0.1, 0.15) is 11.5 Å². The molecule has 0 amide bonds. The maximum atomic E-state index is 11.0. The summed E-state index contributed by atoms with van der Waals surface area (Å²) in [5.74, 6) is 0.838. The van der Waals surface area contributed by atoms with Gasteiger partial charge in [0.25, 0.3) is 0 Å². The third kappa shape index (κ3) is 6.40. The van der Waals surface area contributed by atoms with Gasteiger partial charge in [-0.3, -0.25) is 0 Å². The summed E-state index contributed by atoms with van der Waals surface area (Å²) in [5.41, 5.74) is 0. The van der Waals surface area contributed by atoms with Gasteiger partial charge in [0.15, 0.2) is 15.7 Å². The van der Waals surface area contributed by atoms with Crippen molar-refractivity contribution in [2.45, 2.75) is 12.2 Å². The Labute approximate surface area is 101 Å². The second-order valence-electron chi connectivity index (χ2n) is 3.78. The highest BCUT2D eigenvalue weighted by Gasteiger charge is 2.09. The molecule has 0 unspecified atom stereocenters. The highest BCUT2D eigenvalue weighted by molar-refractivity contribution is 7.89. The van der Waals surface area contributed by atoms with Gasteiger partial charge in [-0.2, -0.15) is 0 Å². The van der Waals surface area contributed by atoms with Crippen LogP contribution in [0.1, 0.15) is 11.7 Å². The number of nitrogens with one attached hydrogen (secondary N) is 1. The van der Waals surface area contributed by atoms with Crippen LogP contribution >= 0.6 is 0 Å². The first-order valence-corrected chi connectivity index (χ1v) is 7.38. The predicted octanol–water partition coefficient (Wildman–Crippen LogP) is -0.00230. The quantitative estimate of drug-likeness (QED) is 0.664. The number of hydrogen-bond acceptors (Lipinski definition) is 6. The second kappa shape index (κ2) is 6.73. The van der Waals surface area contributed by atoms with Gasteiger partial charge < -0.3 is 14.5 Å². The van der Waals surface area contributed by atoms with E-state index in [0.717, 1.165) is 13.1 Å². The molecule has 6 nitrogen and oxygen atoms in total. The van der Waals surface area contributed by atoms with Crippen LogP contribution in [-0.4, -0.2) is 46.5 Å². The Morgan fingerprint density at radius 1 is 1.47 bits per heavy atom. The number of nitrogens with zero attached hydrogens (tertiary/aromatic N) is 1. The minimum absolute atomic E-state index is 0.100. The van der Waals surface area contributed by atoms with Crippen LogP contribution in [0.5, 0.6) is 0 Å². The largest absolute Gasteiger partial charge is 0.445 e. The van der Waals surface area contributed by atoms with Gasteiger partial charge in [-0.05, 0) is 0 Å².